The van der Waals surface area contributed by atoms with Crippen molar-refractivity contribution in [3.05, 3.63) is 54.1 Å². The topological polar surface area (TPSA) is 78.0 Å². The smallest absolute Gasteiger partial charge is 0.243 e. The largest absolute Gasteiger partial charge is 0.378 e. The monoisotopic (exact) mass is 465 g/mol. The number of nitrogens with zero attached hydrogens (tertiary/aromatic N) is 3. The minimum absolute atomic E-state index is 0.0943. The maximum Gasteiger partial charge on any atom is 0.243 e. The third-order valence-electron chi connectivity index (χ3n) is 5.58. The summed E-state index contributed by atoms with van der Waals surface area (Å²) in [5, 5.41) is 0. The minimum Gasteiger partial charge on any atom is -0.378 e. The predicted octanol–water partition coefficient (Wildman–Crippen LogP) is 3.14. The first-order valence-corrected chi connectivity index (χ1v) is 13.4. The van der Waals surface area contributed by atoms with Crippen LogP contribution in [0.3, 0.4) is 0 Å². The summed E-state index contributed by atoms with van der Waals surface area (Å²) in [6.45, 7) is 3.38. The molecule has 2 aromatic rings. The van der Waals surface area contributed by atoms with E-state index in [-0.39, 0.29) is 16.3 Å². The summed E-state index contributed by atoms with van der Waals surface area (Å²) in [6, 6.07) is 13.3. The number of hydrogen-bond acceptors (Lipinski definition) is 5. The van der Waals surface area contributed by atoms with Gasteiger partial charge in [-0.3, -0.25) is 0 Å². The lowest BCUT2D eigenvalue weighted by Crippen LogP contribution is -2.35. The number of hydrogen-bond donors (Lipinski definition) is 0. The van der Waals surface area contributed by atoms with Crippen LogP contribution in [0.15, 0.2) is 58.3 Å². The molecule has 170 valence electrons. The van der Waals surface area contributed by atoms with Crippen LogP contribution in [0.4, 0.5) is 5.69 Å². The van der Waals surface area contributed by atoms with E-state index in [1.807, 2.05) is 43.3 Å². The van der Waals surface area contributed by atoms with Crippen molar-refractivity contribution in [2.75, 3.05) is 38.6 Å². The third-order valence-corrected chi connectivity index (χ3v) is 9.43. The van der Waals surface area contributed by atoms with Crippen molar-refractivity contribution in [2.45, 2.75) is 42.5 Å². The zero-order valence-electron chi connectivity index (χ0n) is 18.4. The van der Waals surface area contributed by atoms with Gasteiger partial charge < -0.3 is 4.90 Å². The molecule has 1 aliphatic rings. The Bertz CT molecular complexity index is 1070. The summed E-state index contributed by atoms with van der Waals surface area (Å²) < 4.78 is 54.8. The van der Waals surface area contributed by atoms with Crippen LogP contribution in [0.5, 0.6) is 0 Å². The molecule has 31 heavy (non-hydrogen) atoms. The maximum atomic E-state index is 13.2. The Morgan fingerprint density at radius 2 is 1.35 bits per heavy atom. The Balaban J connectivity index is 1.79. The van der Waals surface area contributed by atoms with Gasteiger partial charge in [0.1, 0.15) is 0 Å². The molecule has 0 amide bonds. The van der Waals surface area contributed by atoms with E-state index in [9.17, 15) is 16.8 Å². The SMILES string of the molecule is CCN(Cc1ccc(N(C)C)cc1)S(=O)(=O)c1ccc(S(=O)(=O)N2CCCCC2)cc1. The van der Waals surface area contributed by atoms with Crippen molar-refractivity contribution >= 4 is 25.7 Å². The highest BCUT2D eigenvalue weighted by Gasteiger charge is 2.28. The predicted molar refractivity (Wildman–Crippen MR) is 123 cm³/mol. The molecule has 1 saturated heterocycles. The van der Waals surface area contributed by atoms with Crippen LogP contribution in [0.25, 0.3) is 0 Å². The van der Waals surface area contributed by atoms with Gasteiger partial charge in [-0.25, -0.2) is 16.8 Å². The average molecular weight is 466 g/mol. The summed E-state index contributed by atoms with van der Waals surface area (Å²) >= 11 is 0. The molecule has 0 radical (unpaired) electrons. The van der Waals surface area contributed by atoms with Gasteiger partial charge in [0.25, 0.3) is 0 Å². The van der Waals surface area contributed by atoms with Gasteiger partial charge in [-0.2, -0.15) is 8.61 Å². The molecule has 0 aliphatic carbocycles. The van der Waals surface area contributed by atoms with Gasteiger partial charge in [-0.15, -0.1) is 0 Å². The number of sulfonamides is 2. The molecule has 0 bridgehead atoms. The molecule has 1 heterocycles. The fourth-order valence-corrected chi connectivity index (χ4v) is 6.61. The van der Waals surface area contributed by atoms with E-state index in [2.05, 4.69) is 0 Å². The summed E-state index contributed by atoms with van der Waals surface area (Å²) in [6.07, 6.45) is 2.74. The molecule has 9 heteroatoms. The van der Waals surface area contributed by atoms with Crippen molar-refractivity contribution < 1.29 is 16.8 Å². The van der Waals surface area contributed by atoms with Gasteiger partial charge in [0.15, 0.2) is 0 Å². The van der Waals surface area contributed by atoms with Crippen molar-refractivity contribution in [1.29, 1.82) is 0 Å². The van der Waals surface area contributed by atoms with E-state index < -0.39 is 20.0 Å². The van der Waals surface area contributed by atoms with E-state index in [1.165, 1.54) is 32.9 Å². The van der Waals surface area contributed by atoms with E-state index in [0.29, 0.717) is 19.6 Å². The first kappa shape index (κ1) is 23.7. The van der Waals surface area contributed by atoms with Crippen molar-refractivity contribution in [3.8, 4) is 0 Å². The van der Waals surface area contributed by atoms with Gasteiger partial charge in [0.05, 0.1) is 9.79 Å². The van der Waals surface area contributed by atoms with Crippen LogP contribution in [0.1, 0.15) is 31.7 Å². The molecular formula is C22H31N3O4S2. The number of anilines is 1. The van der Waals surface area contributed by atoms with Crippen LogP contribution in [0.2, 0.25) is 0 Å². The van der Waals surface area contributed by atoms with E-state index in [1.54, 1.807) is 6.92 Å². The van der Waals surface area contributed by atoms with Gasteiger partial charge >= 0.3 is 0 Å². The molecule has 1 aliphatic heterocycles. The van der Waals surface area contributed by atoms with Gasteiger partial charge in [-0.05, 0) is 54.8 Å². The highest BCUT2D eigenvalue weighted by molar-refractivity contribution is 7.89. The normalized spacial score (nSPS) is 15.9. The summed E-state index contributed by atoms with van der Waals surface area (Å²) in [4.78, 5) is 2.21. The summed E-state index contributed by atoms with van der Waals surface area (Å²) in [5.74, 6) is 0. The van der Waals surface area contributed by atoms with E-state index >= 15 is 0 Å². The fourth-order valence-electron chi connectivity index (χ4n) is 3.66. The summed E-state index contributed by atoms with van der Waals surface area (Å²) in [5.41, 5.74) is 1.93. The Kier molecular flexibility index (Phi) is 7.41. The van der Waals surface area contributed by atoms with Crippen LogP contribution in [0, 0.1) is 0 Å². The Labute approximate surface area is 186 Å². The Morgan fingerprint density at radius 3 is 1.87 bits per heavy atom. The van der Waals surface area contributed by atoms with Crippen LogP contribution in [-0.2, 0) is 26.6 Å². The van der Waals surface area contributed by atoms with Crippen molar-refractivity contribution in [3.63, 3.8) is 0 Å². The minimum atomic E-state index is -3.75. The van der Waals surface area contributed by atoms with E-state index in [4.69, 9.17) is 0 Å². The zero-order chi connectivity index (χ0) is 22.6. The molecule has 7 nitrogen and oxygen atoms in total. The van der Waals surface area contributed by atoms with Gasteiger partial charge in [-0.1, -0.05) is 25.5 Å². The molecule has 0 saturated carbocycles. The molecule has 1 fully saturated rings. The number of benzene rings is 2. The van der Waals surface area contributed by atoms with Gasteiger partial charge in [0, 0.05) is 46.0 Å². The molecule has 0 aromatic heterocycles. The molecule has 0 spiro atoms. The quantitative estimate of drug-likeness (QED) is 0.599. The van der Waals surface area contributed by atoms with Crippen molar-refractivity contribution in [2.24, 2.45) is 0 Å². The molecule has 3 rings (SSSR count). The third kappa shape index (κ3) is 5.28. The highest BCUT2D eigenvalue weighted by Crippen LogP contribution is 2.24. The molecule has 2 aromatic carbocycles. The zero-order valence-corrected chi connectivity index (χ0v) is 20.0. The van der Waals surface area contributed by atoms with E-state index in [0.717, 1.165) is 30.5 Å². The molecule has 0 N–H and O–H groups in total. The van der Waals surface area contributed by atoms with Crippen LogP contribution < -0.4 is 4.90 Å². The summed E-state index contributed by atoms with van der Waals surface area (Å²) in [7, 11) is -3.43. The van der Waals surface area contributed by atoms with Crippen LogP contribution >= 0.6 is 0 Å². The Morgan fingerprint density at radius 1 is 0.806 bits per heavy atom. The second kappa shape index (κ2) is 9.68. The second-order valence-corrected chi connectivity index (χ2v) is 11.8. The first-order chi connectivity index (χ1) is 14.7. The molecule has 0 atom stereocenters. The number of piperidine rings is 1. The fraction of sp³-hybridized carbons (Fsp3) is 0.455. The standard InChI is InChI=1S/C22H31N3O4S2/c1-4-24(18-19-8-10-20(11-9-19)23(2)3)30(26,27)21-12-14-22(15-13-21)31(28,29)25-16-6-5-7-17-25/h8-15H,4-7,16-18H2,1-3H3. The lowest BCUT2D eigenvalue weighted by Gasteiger charge is -2.26. The molecule has 0 unspecified atom stereocenters. The molecular weight excluding hydrogens is 434 g/mol. The lowest BCUT2D eigenvalue weighted by atomic mass is 10.2. The Hall–Kier alpha value is -1.94. The van der Waals surface area contributed by atoms with Crippen molar-refractivity contribution in [1.82, 2.24) is 8.61 Å². The van der Waals surface area contributed by atoms with Crippen LogP contribution in [-0.4, -0.2) is 59.2 Å². The lowest BCUT2D eigenvalue weighted by molar-refractivity contribution is 0.346. The first-order valence-electron chi connectivity index (χ1n) is 10.5. The van der Waals surface area contributed by atoms with Gasteiger partial charge in [0.2, 0.25) is 20.0 Å². The average Bonchev–Trinajstić information content (AvgIpc) is 2.78. The number of rotatable bonds is 8. The highest BCUT2D eigenvalue weighted by atomic mass is 32.2. The second-order valence-electron chi connectivity index (χ2n) is 7.93. The maximum absolute atomic E-state index is 13.2.